The van der Waals surface area contributed by atoms with Crippen molar-refractivity contribution in [2.45, 2.75) is 98.3 Å². The van der Waals surface area contributed by atoms with Gasteiger partial charge in [-0.3, -0.25) is 19.2 Å². The second-order valence-electron chi connectivity index (χ2n) is 12.8. The molecule has 1 saturated heterocycles. The molecule has 0 aromatic rings. The van der Waals surface area contributed by atoms with Crippen LogP contribution in [0.2, 0.25) is 0 Å². The molecule has 2 rings (SSSR count). The van der Waals surface area contributed by atoms with Gasteiger partial charge in [0.25, 0.3) is 5.91 Å². The number of hydrogen-bond donors (Lipinski definition) is 4. The molecule has 5 N–H and O–H groups in total. The number of likely N-dealkylation sites (tertiary alicyclic amines) is 1. The highest BCUT2D eigenvalue weighted by Crippen LogP contribution is 2.65. The summed E-state index contributed by atoms with van der Waals surface area (Å²) in [6.45, 7) is 14.9. The molecule has 0 spiro atoms. The quantitative estimate of drug-likeness (QED) is 0.334. The van der Waals surface area contributed by atoms with E-state index in [0.717, 1.165) is 0 Å². The fourth-order valence-electron chi connectivity index (χ4n) is 5.13. The second kappa shape index (κ2) is 10.5. The molecule has 0 bridgehead atoms. The molecule has 10 nitrogen and oxygen atoms in total. The van der Waals surface area contributed by atoms with Gasteiger partial charge in [-0.1, -0.05) is 34.6 Å². The van der Waals surface area contributed by atoms with Gasteiger partial charge in [-0.2, -0.15) is 0 Å². The fraction of sp³-hybridized carbons (Fsp3) is 0.800. The van der Waals surface area contributed by atoms with Crippen molar-refractivity contribution >= 4 is 29.5 Å². The molecular formula is C25H41F2N5O5. The van der Waals surface area contributed by atoms with Crippen molar-refractivity contribution in [1.82, 2.24) is 20.9 Å². The van der Waals surface area contributed by atoms with Crippen molar-refractivity contribution in [1.29, 1.82) is 0 Å². The van der Waals surface area contributed by atoms with Crippen LogP contribution in [0, 0.1) is 22.7 Å². The number of fused-ring (bicyclic) bond motifs is 1. The van der Waals surface area contributed by atoms with Gasteiger partial charge in [-0.15, -0.1) is 0 Å². The van der Waals surface area contributed by atoms with E-state index in [4.69, 9.17) is 5.73 Å². The van der Waals surface area contributed by atoms with E-state index in [0.29, 0.717) is 0 Å². The summed E-state index contributed by atoms with van der Waals surface area (Å²) < 4.78 is 25.6. The zero-order chi connectivity index (χ0) is 28.7. The number of nitrogens with one attached hydrogen (secondary N) is 3. The Bertz CT molecular complexity index is 941. The molecule has 0 aromatic heterocycles. The van der Waals surface area contributed by atoms with Gasteiger partial charge in [0.05, 0.1) is 6.04 Å². The Balaban J connectivity index is 2.32. The van der Waals surface area contributed by atoms with E-state index in [-0.39, 0.29) is 23.8 Å². The van der Waals surface area contributed by atoms with E-state index in [2.05, 4.69) is 16.0 Å². The smallest absolute Gasteiger partial charge is 0.315 e. The lowest BCUT2D eigenvalue weighted by molar-refractivity contribution is -0.145. The summed E-state index contributed by atoms with van der Waals surface area (Å²) in [5, 5.41) is 7.91. The number of nitrogens with zero attached hydrogens (tertiary/aromatic N) is 1. The molecule has 0 radical (unpaired) electrons. The number of carbonyl (C=O) groups is 5. The van der Waals surface area contributed by atoms with E-state index in [9.17, 15) is 32.8 Å². The number of nitrogens with two attached hydrogens (primary N) is 1. The summed E-state index contributed by atoms with van der Waals surface area (Å²) in [4.78, 5) is 65.0. The molecule has 37 heavy (non-hydrogen) atoms. The van der Waals surface area contributed by atoms with Crippen molar-refractivity contribution in [2.75, 3.05) is 6.54 Å². The highest BCUT2D eigenvalue weighted by atomic mass is 19.3. The van der Waals surface area contributed by atoms with Crippen LogP contribution in [0.5, 0.6) is 0 Å². The van der Waals surface area contributed by atoms with E-state index < -0.39 is 77.9 Å². The highest BCUT2D eigenvalue weighted by molar-refractivity contribution is 6.37. The number of piperidine rings is 1. The maximum Gasteiger partial charge on any atom is 0.315 e. The van der Waals surface area contributed by atoms with Crippen molar-refractivity contribution in [3.8, 4) is 0 Å². The molecule has 2 fully saturated rings. The number of primary amides is 1. The molecule has 1 aliphatic carbocycles. The molecule has 1 aliphatic heterocycles. The maximum absolute atomic E-state index is 13.8. The number of hydrogen-bond acceptors (Lipinski definition) is 5. The van der Waals surface area contributed by atoms with Crippen LogP contribution < -0.4 is 21.7 Å². The van der Waals surface area contributed by atoms with Gasteiger partial charge in [0.2, 0.25) is 24.0 Å². The third kappa shape index (κ3) is 7.16. The topological polar surface area (TPSA) is 151 Å². The Morgan fingerprint density at radius 2 is 1.57 bits per heavy atom. The average molecular weight is 530 g/mol. The van der Waals surface area contributed by atoms with Crippen LogP contribution in [0.3, 0.4) is 0 Å². The van der Waals surface area contributed by atoms with Crippen molar-refractivity contribution < 1.29 is 32.8 Å². The van der Waals surface area contributed by atoms with Gasteiger partial charge in [-0.05, 0) is 49.9 Å². The SMILES string of the molecule is CC(C)(C)NC(=O)N[C@H](C(=O)N1C[C@H]2[C@@H]([C@H]1C(=O)NC(CCC(F)F)C(=O)C(N)=O)C2(C)C)C(C)(C)C. The molecule has 5 atom stereocenters. The predicted molar refractivity (Wildman–Crippen MR) is 132 cm³/mol. The molecule has 1 unspecified atom stereocenters. The van der Waals surface area contributed by atoms with Gasteiger partial charge >= 0.3 is 6.03 Å². The lowest BCUT2D eigenvalue weighted by Crippen LogP contribution is -2.62. The van der Waals surface area contributed by atoms with Crippen molar-refractivity contribution in [3.05, 3.63) is 0 Å². The number of amides is 5. The second-order valence-corrected chi connectivity index (χ2v) is 12.8. The number of rotatable bonds is 9. The largest absolute Gasteiger partial charge is 0.363 e. The monoisotopic (exact) mass is 529 g/mol. The number of Topliss-reactive ketones (excluding diaryl/α,β-unsaturated/α-hetero) is 1. The molecule has 2 aliphatic rings. The van der Waals surface area contributed by atoms with Crippen LogP contribution >= 0.6 is 0 Å². The normalized spacial score (nSPS) is 24.1. The van der Waals surface area contributed by atoms with Crippen molar-refractivity contribution in [3.63, 3.8) is 0 Å². The summed E-state index contributed by atoms with van der Waals surface area (Å²) in [6, 6.07) is -4.04. The minimum absolute atomic E-state index is 0.00239. The highest BCUT2D eigenvalue weighted by Gasteiger charge is 2.69. The van der Waals surface area contributed by atoms with Gasteiger partial charge in [0.15, 0.2) is 0 Å². The zero-order valence-corrected chi connectivity index (χ0v) is 22.9. The zero-order valence-electron chi connectivity index (χ0n) is 22.9. The average Bonchev–Trinajstić information content (AvgIpc) is 3.07. The first kappa shape index (κ1) is 30.4. The van der Waals surface area contributed by atoms with E-state index >= 15 is 0 Å². The lowest BCUT2D eigenvalue weighted by atomic mass is 9.85. The summed E-state index contributed by atoms with van der Waals surface area (Å²) >= 11 is 0. The number of alkyl halides is 2. The first-order chi connectivity index (χ1) is 16.7. The van der Waals surface area contributed by atoms with Crippen LogP contribution in [0.4, 0.5) is 13.6 Å². The molecule has 1 heterocycles. The molecular weight excluding hydrogens is 488 g/mol. The number of carbonyl (C=O) groups excluding carboxylic acids is 5. The first-order valence-corrected chi connectivity index (χ1v) is 12.5. The van der Waals surface area contributed by atoms with E-state index in [1.54, 1.807) is 41.5 Å². The predicted octanol–water partition coefficient (Wildman–Crippen LogP) is 1.57. The summed E-state index contributed by atoms with van der Waals surface area (Å²) in [5.41, 5.74) is 3.55. The minimum atomic E-state index is -2.74. The van der Waals surface area contributed by atoms with E-state index in [1.807, 2.05) is 13.8 Å². The summed E-state index contributed by atoms with van der Waals surface area (Å²) in [5.74, 6) is -3.94. The Morgan fingerprint density at radius 3 is 2.03 bits per heavy atom. The van der Waals surface area contributed by atoms with Crippen LogP contribution in [0.25, 0.3) is 0 Å². The van der Waals surface area contributed by atoms with Gasteiger partial charge < -0.3 is 26.6 Å². The van der Waals surface area contributed by atoms with Gasteiger partial charge in [0, 0.05) is 18.5 Å². The number of ketones is 1. The van der Waals surface area contributed by atoms with Gasteiger partial charge in [0.1, 0.15) is 12.1 Å². The molecule has 1 saturated carbocycles. The Morgan fingerprint density at radius 1 is 1.00 bits per heavy atom. The van der Waals surface area contributed by atoms with Crippen LogP contribution in [-0.2, 0) is 19.2 Å². The van der Waals surface area contributed by atoms with Crippen LogP contribution in [-0.4, -0.2) is 71.1 Å². The standard InChI is InChI=1S/C25H41F2N5O5/c1-23(2,3)18(30-22(37)31-24(4,5)6)21(36)32-11-12-15(25(12,7)8)16(32)20(35)29-13(9-10-14(26)27)17(33)19(28)34/h12-16,18H,9-11H2,1-8H3,(H2,28,34)(H,29,35)(H2,30,31,37)/t12-,13?,15-,16-,18+/m0/s1. The molecule has 12 heteroatoms. The molecule has 0 aromatic carbocycles. The Labute approximate surface area is 216 Å². The summed E-state index contributed by atoms with van der Waals surface area (Å²) in [6.07, 6.45) is -3.93. The fourth-order valence-corrected chi connectivity index (χ4v) is 5.13. The number of urea groups is 1. The third-order valence-corrected chi connectivity index (χ3v) is 7.19. The van der Waals surface area contributed by atoms with Gasteiger partial charge in [-0.25, -0.2) is 13.6 Å². The van der Waals surface area contributed by atoms with Crippen LogP contribution in [0.1, 0.15) is 68.2 Å². The van der Waals surface area contributed by atoms with E-state index in [1.165, 1.54) is 4.90 Å². The Hall–Kier alpha value is -2.79. The van der Waals surface area contributed by atoms with Crippen molar-refractivity contribution in [2.24, 2.45) is 28.4 Å². The minimum Gasteiger partial charge on any atom is -0.363 e. The van der Waals surface area contributed by atoms with Crippen LogP contribution in [0.15, 0.2) is 0 Å². The third-order valence-electron chi connectivity index (χ3n) is 7.19. The lowest BCUT2D eigenvalue weighted by Gasteiger charge is -2.38. The molecule has 5 amide bonds. The summed E-state index contributed by atoms with van der Waals surface area (Å²) in [7, 11) is 0. The Kier molecular flexibility index (Phi) is 8.66. The molecule has 210 valence electrons. The first-order valence-electron chi connectivity index (χ1n) is 12.5. The number of halogens is 2. The maximum atomic E-state index is 13.8.